The van der Waals surface area contributed by atoms with Crippen molar-refractivity contribution >= 4 is 5.91 Å². The number of aromatic nitrogens is 2. The van der Waals surface area contributed by atoms with Crippen LogP contribution in [0.4, 0.5) is 4.39 Å². The summed E-state index contributed by atoms with van der Waals surface area (Å²) >= 11 is 0. The average Bonchev–Trinajstić information content (AvgIpc) is 3.15. The minimum Gasteiger partial charge on any atom is -0.494 e. The number of piperazine rings is 1. The van der Waals surface area contributed by atoms with Crippen molar-refractivity contribution in [3.05, 3.63) is 47.5 Å². The number of nitrogens with zero attached hydrogens (tertiary/aromatic N) is 3. The molecular weight excluding hydrogens is 347 g/mol. The maximum absolute atomic E-state index is 12.9. The molecular formula is C20H27FN4O2. The second-order valence-corrected chi connectivity index (χ2v) is 6.82. The summed E-state index contributed by atoms with van der Waals surface area (Å²) in [7, 11) is 0. The van der Waals surface area contributed by atoms with Crippen LogP contribution in [0.2, 0.25) is 0 Å². The van der Waals surface area contributed by atoms with Crippen molar-refractivity contribution < 1.29 is 13.9 Å². The lowest BCUT2D eigenvalue weighted by Crippen LogP contribution is -2.49. The third-order valence-electron chi connectivity index (χ3n) is 4.73. The van der Waals surface area contributed by atoms with Gasteiger partial charge in [0.15, 0.2) is 0 Å². The Kier molecular flexibility index (Phi) is 6.81. The van der Waals surface area contributed by atoms with Crippen LogP contribution in [0, 0.1) is 5.82 Å². The van der Waals surface area contributed by atoms with Crippen LogP contribution in [0.3, 0.4) is 0 Å². The SMILES string of the molecule is CCCc1cc(C(=O)N2CCN(CCCOc3ccc(F)cc3)CC2)n[nH]1. The van der Waals surface area contributed by atoms with Crippen molar-refractivity contribution in [1.29, 1.82) is 0 Å². The van der Waals surface area contributed by atoms with Gasteiger partial charge in [-0.3, -0.25) is 14.8 Å². The number of nitrogens with one attached hydrogen (secondary N) is 1. The number of amides is 1. The zero-order chi connectivity index (χ0) is 19.1. The Balaban J connectivity index is 1.35. The molecule has 2 aromatic rings. The summed E-state index contributed by atoms with van der Waals surface area (Å²) in [6.45, 7) is 6.76. The van der Waals surface area contributed by atoms with Crippen molar-refractivity contribution in [2.24, 2.45) is 0 Å². The molecule has 1 aliphatic rings. The van der Waals surface area contributed by atoms with Crippen molar-refractivity contribution in [3.8, 4) is 5.75 Å². The average molecular weight is 374 g/mol. The van der Waals surface area contributed by atoms with E-state index >= 15 is 0 Å². The van der Waals surface area contributed by atoms with Crippen LogP contribution in [0.5, 0.6) is 5.75 Å². The van der Waals surface area contributed by atoms with Crippen molar-refractivity contribution in [2.45, 2.75) is 26.2 Å². The number of ether oxygens (including phenoxy) is 1. The molecule has 0 radical (unpaired) electrons. The third-order valence-corrected chi connectivity index (χ3v) is 4.73. The van der Waals surface area contributed by atoms with Gasteiger partial charge in [0.05, 0.1) is 6.61 Å². The summed E-state index contributed by atoms with van der Waals surface area (Å²) in [6.07, 6.45) is 2.83. The number of aryl methyl sites for hydroxylation is 1. The van der Waals surface area contributed by atoms with E-state index in [0.717, 1.165) is 44.6 Å². The lowest BCUT2D eigenvalue weighted by molar-refractivity contribution is 0.0625. The van der Waals surface area contributed by atoms with E-state index in [4.69, 9.17) is 4.74 Å². The van der Waals surface area contributed by atoms with Gasteiger partial charge in [-0.1, -0.05) is 13.3 Å². The molecule has 1 N–H and O–H groups in total. The number of rotatable bonds is 8. The van der Waals surface area contributed by atoms with Crippen LogP contribution >= 0.6 is 0 Å². The van der Waals surface area contributed by atoms with Crippen molar-refractivity contribution in [1.82, 2.24) is 20.0 Å². The molecule has 6 nitrogen and oxygen atoms in total. The van der Waals surface area contributed by atoms with Gasteiger partial charge in [-0.25, -0.2) is 4.39 Å². The minimum absolute atomic E-state index is 0.00731. The second kappa shape index (κ2) is 9.50. The fourth-order valence-corrected chi connectivity index (χ4v) is 3.21. The summed E-state index contributed by atoms with van der Waals surface area (Å²) in [4.78, 5) is 16.8. The standard InChI is InChI=1S/C20H27FN4O2/c1-2-4-17-15-19(23-22-17)20(26)25-12-10-24(11-13-25)9-3-14-27-18-7-5-16(21)6-8-18/h5-8,15H,2-4,9-14H2,1H3,(H,22,23). The number of aromatic amines is 1. The van der Waals surface area contributed by atoms with E-state index < -0.39 is 0 Å². The highest BCUT2D eigenvalue weighted by Gasteiger charge is 2.23. The molecule has 1 aromatic heterocycles. The summed E-state index contributed by atoms with van der Waals surface area (Å²) in [5, 5.41) is 7.10. The lowest BCUT2D eigenvalue weighted by atomic mass is 10.2. The molecule has 0 aliphatic carbocycles. The maximum Gasteiger partial charge on any atom is 0.274 e. The van der Waals surface area contributed by atoms with E-state index in [1.165, 1.54) is 12.1 Å². The third kappa shape index (κ3) is 5.53. The number of carbonyl (C=O) groups excluding carboxylic acids is 1. The van der Waals surface area contributed by atoms with Gasteiger partial charge in [0.25, 0.3) is 5.91 Å². The summed E-state index contributed by atoms with van der Waals surface area (Å²) < 4.78 is 18.5. The van der Waals surface area contributed by atoms with E-state index in [-0.39, 0.29) is 11.7 Å². The Hall–Kier alpha value is -2.41. The highest BCUT2D eigenvalue weighted by molar-refractivity contribution is 5.92. The van der Waals surface area contributed by atoms with Crippen LogP contribution < -0.4 is 4.74 Å². The van der Waals surface area contributed by atoms with Gasteiger partial charge in [0.1, 0.15) is 17.3 Å². The van der Waals surface area contributed by atoms with E-state index in [9.17, 15) is 9.18 Å². The van der Waals surface area contributed by atoms with Crippen LogP contribution in [-0.2, 0) is 6.42 Å². The molecule has 2 heterocycles. The molecule has 1 aromatic carbocycles. The van der Waals surface area contributed by atoms with E-state index in [1.54, 1.807) is 12.1 Å². The van der Waals surface area contributed by atoms with E-state index in [1.807, 2.05) is 11.0 Å². The Morgan fingerprint density at radius 3 is 2.67 bits per heavy atom. The fourth-order valence-electron chi connectivity index (χ4n) is 3.21. The molecule has 0 atom stereocenters. The molecule has 1 saturated heterocycles. The van der Waals surface area contributed by atoms with E-state index in [0.29, 0.717) is 31.1 Å². The lowest BCUT2D eigenvalue weighted by Gasteiger charge is -2.34. The first-order valence-corrected chi connectivity index (χ1v) is 9.60. The molecule has 0 spiro atoms. The van der Waals surface area contributed by atoms with Gasteiger partial charge < -0.3 is 9.64 Å². The molecule has 146 valence electrons. The largest absolute Gasteiger partial charge is 0.494 e. The smallest absolute Gasteiger partial charge is 0.274 e. The highest BCUT2D eigenvalue weighted by atomic mass is 19.1. The molecule has 1 aliphatic heterocycles. The number of H-pyrrole nitrogens is 1. The number of hydrogen-bond acceptors (Lipinski definition) is 4. The van der Waals surface area contributed by atoms with Gasteiger partial charge in [-0.15, -0.1) is 0 Å². The summed E-state index contributed by atoms with van der Waals surface area (Å²) in [5.74, 6) is 0.437. The number of benzene rings is 1. The van der Waals surface area contributed by atoms with Crippen LogP contribution in [0.25, 0.3) is 0 Å². The van der Waals surface area contributed by atoms with Crippen LogP contribution in [0.15, 0.2) is 30.3 Å². The zero-order valence-electron chi connectivity index (χ0n) is 15.8. The van der Waals surface area contributed by atoms with Gasteiger partial charge in [0, 0.05) is 38.4 Å². The Bertz CT molecular complexity index is 724. The topological polar surface area (TPSA) is 61.5 Å². The van der Waals surface area contributed by atoms with Crippen LogP contribution in [-0.4, -0.2) is 65.2 Å². The zero-order valence-corrected chi connectivity index (χ0v) is 15.8. The maximum atomic E-state index is 12.9. The monoisotopic (exact) mass is 374 g/mol. The predicted octanol–water partition coefficient (Wildman–Crippen LogP) is 2.73. The van der Waals surface area contributed by atoms with Gasteiger partial charge >= 0.3 is 0 Å². The van der Waals surface area contributed by atoms with Crippen molar-refractivity contribution in [3.63, 3.8) is 0 Å². The Labute approximate surface area is 159 Å². The first kappa shape index (κ1) is 19.4. The number of hydrogen-bond donors (Lipinski definition) is 1. The molecule has 0 bridgehead atoms. The van der Waals surface area contributed by atoms with Gasteiger partial charge in [-0.05, 0) is 43.2 Å². The Morgan fingerprint density at radius 2 is 1.96 bits per heavy atom. The summed E-state index contributed by atoms with van der Waals surface area (Å²) in [6, 6.07) is 7.94. The normalized spacial score (nSPS) is 15.1. The highest BCUT2D eigenvalue weighted by Crippen LogP contribution is 2.12. The predicted molar refractivity (Wildman–Crippen MR) is 101 cm³/mol. The Morgan fingerprint density at radius 1 is 1.22 bits per heavy atom. The molecule has 0 unspecified atom stereocenters. The second-order valence-electron chi connectivity index (χ2n) is 6.82. The van der Waals surface area contributed by atoms with Crippen LogP contribution in [0.1, 0.15) is 35.9 Å². The van der Waals surface area contributed by atoms with E-state index in [2.05, 4.69) is 22.0 Å². The number of halogens is 1. The molecule has 27 heavy (non-hydrogen) atoms. The molecule has 1 amide bonds. The number of carbonyl (C=O) groups is 1. The molecule has 3 rings (SSSR count). The quantitative estimate of drug-likeness (QED) is 0.722. The van der Waals surface area contributed by atoms with Gasteiger partial charge in [0.2, 0.25) is 0 Å². The first-order valence-electron chi connectivity index (χ1n) is 9.60. The molecule has 0 saturated carbocycles. The minimum atomic E-state index is -0.258. The first-order chi connectivity index (χ1) is 13.2. The molecule has 7 heteroatoms. The molecule has 1 fully saturated rings. The fraction of sp³-hybridized carbons (Fsp3) is 0.500. The van der Waals surface area contributed by atoms with Gasteiger partial charge in [-0.2, -0.15) is 5.10 Å². The summed E-state index contributed by atoms with van der Waals surface area (Å²) in [5.41, 5.74) is 1.53. The van der Waals surface area contributed by atoms with Crippen molar-refractivity contribution in [2.75, 3.05) is 39.3 Å².